The quantitative estimate of drug-likeness (QED) is 0.341. The summed E-state index contributed by atoms with van der Waals surface area (Å²) >= 11 is 0. The molecular formula is C30H36N4O7S. The molecule has 12 heteroatoms. The first-order valence-corrected chi connectivity index (χ1v) is 15.0. The maximum Gasteiger partial charge on any atom is 0.321 e. The highest BCUT2D eigenvalue weighted by Gasteiger charge is 2.35. The van der Waals surface area contributed by atoms with Gasteiger partial charge in [-0.25, -0.2) is 13.2 Å². The molecule has 0 spiro atoms. The summed E-state index contributed by atoms with van der Waals surface area (Å²) in [5.41, 5.74) is 0.812. The molecule has 224 valence electrons. The van der Waals surface area contributed by atoms with Crippen LogP contribution in [-0.4, -0.2) is 81.3 Å². The number of benzene rings is 3. The molecule has 0 fully saturated rings. The summed E-state index contributed by atoms with van der Waals surface area (Å²) in [6.45, 7) is 3.73. The fourth-order valence-electron chi connectivity index (χ4n) is 4.59. The number of sulfonamides is 1. The number of amides is 3. The smallest absolute Gasteiger partial charge is 0.321 e. The Morgan fingerprint density at radius 3 is 2.45 bits per heavy atom. The van der Waals surface area contributed by atoms with Crippen molar-refractivity contribution < 1.29 is 32.6 Å². The molecule has 1 aliphatic heterocycles. The number of likely N-dealkylation sites (N-methyl/N-ethyl adjacent to an activating group) is 1. The van der Waals surface area contributed by atoms with Gasteiger partial charge in [0.1, 0.15) is 11.9 Å². The molecule has 0 unspecified atom stereocenters. The van der Waals surface area contributed by atoms with Gasteiger partial charge in [-0.3, -0.25) is 9.52 Å². The number of aliphatic hydroxyl groups excluding tert-OH is 1. The highest BCUT2D eigenvalue weighted by molar-refractivity contribution is 7.92. The van der Waals surface area contributed by atoms with Gasteiger partial charge in [-0.15, -0.1) is 0 Å². The SMILES string of the molecule is COc1ccc(NC(=O)N(C)C[C@@H]2Oc3c(NS(=O)(=O)c4ccccc4)cccc3C(=O)N([C@@H](C)CO)C[C@H]2C)cc1. The molecule has 0 aliphatic carbocycles. The summed E-state index contributed by atoms with van der Waals surface area (Å²) in [6, 6.07) is 18.5. The monoisotopic (exact) mass is 596 g/mol. The Hall–Kier alpha value is -4.29. The van der Waals surface area contributed by atoms with Crippen LogP contribution in [0.1, 0.15) is 24.2 Å². The third-order valence-corrected chi connectivity index (χ3v) is 8.51. The first-order chi connectivity index (χ1) is 20.0. The first kappa shape index (κ1) is 30.7. The van der Waals surface area contributed by atoms with Crippen LogP contribution in [0, 0.1) is 5.92 Å². The molecule has 11 nitrogen and oxygen atoms in total. The average molecular weight is 597 g/mol. The number of methoxy groups -OCH3 is 1. The van der Waals surface area contributed by atoms with Gasteiger partial charge in [-0.2, -0.15) is 0 Å². The molecule has 0 saturated heterocycles. The Morgan fingerprint density at radius 2 is 1.81 bits per heavy atom. The average Bonchev–Trinajstić information content (AvgIpc) is 2.99. The van der Waals surface area contributed by atoms with Crippen LogP contribution in [0.4, 0.5) is 16.2 Å². The van der Waals surface area contributed by atoms with Gasteiger partial charge in [0.25, 0.3) is 15.9 Å². The second kappa shape index (κ2) is 13.1. The van der Waals surface area contributed by atoms with E-state index in [0.717, 1.165) is 0 Å². The zero-order valence-corrected chi connectivity index (χ0v) is 24.8. The number of hydrogen-bond donors (Lipinski definition) is 3. The van der Waals surface area contributed by atoms with Gasteiger partial charge in [0, 0.05) is 25.2 Å². The van der Waals surface area contributed by atoms with Gasteiger partial charge in [0.05, 0.1) is 42.4 Å². The minimum absolute atomic E-state index is 0.0511. The lowest BCUT2D eigenvalue weighted by Gasteiger charge is -2.38. The summed E-state index contributed by atoms with van der Waals surface area (Å²) in [7, 11) is -0.823. The summed E-state index contributed by atoms with van der Waals surface area (Å²) in [5.74, 6) is 0.0126. The molecule has 3 amide bonds. The molecule has 3 N–H and O–H groups in total. The number of nitrogens with zero attached hydrogens (tertiary/aromatic N) is 2. The van der Waals surface area contributed by atoms with Crippen molar-refractivity contribution in [3.63, 3.8) is 0 Å². The molecule has 1 heterocycles. The van der Waals surface area contributed by atoms with Crippen LogP contribution in [0.2, 0.25) is 0 Å². The number of fused-ring (bicyclic) bond motifs is 1. The van der Waals surface area contributed by atoms with E-state index in [1.54, 1.807) is 80.6 Å². The van der Waals surface area contributed by atoms with Crippen LogP contribution < -0.4 is 19.5 Å². The lowest BCUT2D eigenvalue weighted by atomic mass is 9.99. The Labute approximate surface area is 246 Å². The van der Waals surface area contributed by atoms with Crippen LogP contribution in [0.3, 0.4) is 0 Å². The highest BCUT2D eigenvalue weighted by Crippen LogP contribution is 2.36. The number of urea groups is 1. The number of carbonyl (C=O) groups is 2. The van der Waals surface area contributed by atoms with Crippen molar-refractivity contribution in [1.29, 1.82) is 0 Å². The van der Waals surface area contributed by atoms with Crippen LogP contribution in [0.5, 0.6) is 11.5 Å². The van der Waals surface area contributed by atoms with Crippen LogP contribution in [0.15, 0.2) is 77.7 Å². The van der Waals surface area contributed by atoms with Crippen molar-refractivity contribution in [3.05, 3.63) is 78.4 Å². The first-order valence-electron chi connectivity index (χ1n) is 13.5. The number of nitrogens with one attached hydrogen (secondary N) is 2. The summed E-state index contributed by atoms with van der Waals surface area (Å²) in [4.78, 5) is 29.8. The standard InChI is InChI=1S/C30H36N4O7S/c1-20-17-34(21(2)19-35)29(36)25-11-8-12-26(32-42(38,39)24-9-6-5-7-10-24)28(25)41-27(20)18-33(3)30(37)31-22-13-15-23(40-4)16-14-22/h5-16,20-21,27,32,35H,17-19H2,1-4H3,(H,31,37)/t20-,21+,27+/m1/s1. The second-order valence-corrected chi connectivity index (χ2v) is 11.9. The van der Waals surface area contributed by atoms with Gasteiger partial charge < -0.3 is 29.7 Å². The maximum absolute atomic E-state index is 13.7. The summed E-state index contributed by atoms with van der Waals surface area (Å²) in [6.07, 6.45) is -0.640. The van der Waals surface area contributed by atoms with Gasteiger partial charge in [-0.1, -0.05) is 31.2 Å². The number of rotatable bonds is 9. The van der Waals surface area contributed by atoms with E-state index in [2.05, 4.69) is 10.0 Å². The highest BCUT2D eigenvalue weighted by atomic mass is 32.2. The normalized spacial score (nSPS) is 17.6. The fourth-order valence-corrected chi connectivity index (χ4v) is 5.67. The minimum atomic E-state index is -4.01. The molecule has 42 heavy (non-hydrogen) atoms. The number of ether oxygens (including phenoxy) is 2. The number of para-hydroxylation sites is 1. The van der Waals surface area contributed by atoms with Crippen LogP contribution in [-0.2, 0) is 10.0 Å². The van der Waals surface area contributed by atoms with E-state index in [1.165, 1.54) is 23.1 Å². The van der Waals surface area contributed by atoms with Gasteiger partial charge in [0.15, 0.2) is 5.75 Å². The van der Waals surface area contributed by atoms with Gasteiger partial charge in [0.2, 0.25) is 0 Å². The minimum Gasteiger partial charge on any atom is -0.497 e. The van der Waals surface area contributed by atoms with Crippen molar-refractivity contribution >= 4 is 33.3 Å². The fraction of sp³-hybridized carbons (Fsp3) is 0.333. The van der Waals surface area contributed by atoms with Gasteiger partial charge in [-0.05, 0) is 55.5 Å². The maximum atomic E-state index is 13.7. The van der Waals surface area contributed by atoms with E-state index in [9.17, 15) is 23.1 Å². The molecule has 4 rings (SSSR count). The lowest BCUT2D eigenvalue weighted by molar-refractivity contribution is 0.0373. The van der Waals surface area contributed by atoms with Crippen molar-refractivity contribution in [2.45, 2.75) is 30.9 Å². The van der Waals surface area contributed by atoms with E-state index in [-0.39, 0.29) is 53.5 Å². The van der Waals surface area contributed by atoms with Crippen LogP contribution >= 0.6 is 0 Å². The van der Waals surface area contributed by atoms with E-state index in [4.69, 9.17) is 9.47 Å². The molecule has 3 aromatic rings. The molecule has 0 radical (unpaired) electrons. The molecule has 0 aromatic heterocycles. The Kier molecular flexibility index (Phi) is 9.59. The van der Waals surface area contributed by atoms with Crippen molar-refractivity contribution in [1.82, 2.24) is 9.80 Å². The Bertz CT molecular complexity index is 1500. The molecule has 3 atom stereocenters. The third-order valence-electron chi connectivity index (χ3n) is 7.13. The molecular weight excluding hydrogens is 560 g/mol. The molecule has 3 aromatic carbocycles. The largest absolute Gasteiger partial charge is 0.497 e. The molecule has 1 aliphatic rings. The van der Waals surface area contributed by atoms with E-state index >= 15 is 0 Å². The second-order valence-electron chi connectivity index (χ2n) is 10.3. The number of carbonyl (C=O) groups excluding carboxylic acids is 2. The van der Waals surface area contributed by atoms with E-state index < -0.39 is 28.1 Å². The zero-order chi connectivity index (χ0) is 30.4. The number of hydrogen-bond acceptors (Lipinski definition) is 7. The Balaban J connectivity index is 1.66. The predicted molar refractivity (Wildman–Crippen MR) is 159 cm³/mol. The van der Waals surface area contributed by atoms with E-state index in [1.807, 2.05) is 6.92 Å². The van der Waals surface area contributed by atoms with Gasteiger partial charge >= 0.3 is 6.03 Å². The van der Waals surface area contributed by atoms with Crippen molar-refractivity contribution in [3.8, 4) is 11.5 Å². The molecule has 0 saturated carbocycles. The number of aliphatic hydroxyl groups is 1. The zero-order valence-electron chi connectivity index (χ0n) is 24.0. The third kappa shape index (κ3) is 6.94. The van der Waals surface area contributed by atoms with Crippen LogP contribution in [0.25, 0.3) is 0 Å². The topological polar surface area (TPSA) is 138 Å². The summed E-state index contributed by atoms with van der Waals surface area (Å²) in [5, 5.41) is 12.7. The van der Waals surface area contributed by atoms with E-state index in [0.29, 0.717) is 11.4 Å². The lowest BCUT2D eigenvalue weighted by Crippen LogP contribution is -2.50. The number of anilines is 2. The summed E-state index contributed by atoms with van der Waals surface area (Å²) < 4.78 is 40.6. The van der Waals surface area contributed by atoms with Crippen molar-refractivity contribution in [2.24, 2.45) is 5.92 Å². The molecule has 0 bridgehead atoms. The Morgan fingerprint density at radius 1 is 1.12 bits per heavy atom. The van der Waals surface area contributed by atoms with Crippen molar-refractivity contribution in [2.75, 3.05) is 43.9 Å². The predicted octanol–water partition coefficient (Wildman–Crippen LogP) is 3.88.